The van der Waals surface area contributed by atoms with Crippen LogP contribution in [0.5, 0.6) is 17.2 Å². The number of hydrogen-bond acceptors (Lipinski definition) is 7. The van der Waals surface area contributed by atoms with Crippen molar-refractivity contribution in [2.45, 2.75) is 39.0 Å². The lowest BCUT2D eigenvalue weighted by Gasteiger charge is -2.27. The highest BCUT2D eigenvalue weighted by Crippen LogP contribution is 2.44. The van der Waals surface area contributed by atoms with E-state index in [0.29, 0.717) is 34.1 Å². The summed E-state index contributed by atoms with van der Waals surface area (Å²) in [5, 5.41) is 11.2. The second-order valence-electron chi connectivity index (χ2n) is 9.34. The van der Waals surface area contributed by atoms with Crippen LogP contribution in [0.2, 0.25) is 5.02 Å². The van der Waals surface area contributed by atoms with Crippen molar-refractivity contribution in [1.29, 1.82) is 5.26 Å². The zero-order chi connectivity index (χ0) is 27.5. The first-order valence-electron chi connectivity index (χ1n) is 12.7. The molecule has 0 radical (unpaired) electrons. The molecule has 0 bridgehead atoms. The van der Waals surface area contributed by atoms with Crippen molar-refractivity contribution in [1.82, 2.24) is 0 Å². The fraction of sp³-hybridized carbons (Fsp3) is 0.226. The Bertz CT molecular complexity index is 1630. The normalized spacial score (nSPS) is 14.5. The van der Waals surface area contributed by atoms with Crippen LogP contribution >= 0.6 is 11.6 Å². The molecule has 1 unspecified atom stereocenters. The van der Waals surface area contributed by atoms with Crippen LogP contribution in [-0.2, 0) is 0 Å². The molecule has 1 aliphatic rings. The molecule has 1 aliphatic heterocycles. The molecule has 4 aromatic rings. The van der Waals surface area contributed by atoms with E-state index in [-0.39, 0.29) is 17.4 Å². The summed E-state index contributed by atoms with van der Waals surface area (Å²) < 4.78 is 23.1. The Labute approximate surface area is 231 Å². The van der Waals surface area contributed by atoms with Crippen LogP contribution in [0.4, 0.5) is 0 Å². The van der Waals surface area contributed by atoms with Crippen molar-refractivity contribution < 1.29 is 23.4 Å². The number of esters is 1. The van der Waals surface area contributed by atoms with Crippen molar-refractivity contribution >= 4 is 28.5 Å². The number of nitrogens with two attached hydrogens (primary N) is 1. The van der Waals surface area contributed by atoms with Gasteiger partial charge in [-0.05, 0) is 55.3 Å². The molecule has 0 fully saturated rings. The van der Waals surface area contributed by atoms with Gasteiger partial charge in [0.1, 0.15) is 34.5 Å². The minimum atomic E-state index is -0.652. The van der Waals surface area contributed by atoms with Crippen molar-refractivity contribution in [3.05, 3.63) is 99.6 Å². The average Bonchev–Trinajstić information content (AvgIpc) is 3.26. The molecule has 2 N–H and O–H groups in total. The van der Waals surface area contributed by atoms with Crippen LogP contribution < -0.4 is 19.9 Å². The number of nitriles is 1. The fourth-order valence-corrected chi connectivity index (χ4v) is 4.88. The molecule has 0 saturated carbocycles. The average molecular weight is 543 g/mol. The number of hydrogen-bond donors (Lipinski definition) is 1. The van der Waals surface area contributed by atoms with E-state index in [1.54, 1.807) is 43.3 Å². The van der Waals surface area contributed by atoms with E-state index in [2.05, 4.69) is 13.0 Å². The number of ether oxygens (including phenoxy) is 3. The summed E-state index contributed by atoms with van der Waals surface area (Å²) in [6, 6.07) is 20.0. The number of carbonyl (C=O) groups is 1. The number of nitrogens with zero attached hydrogens (tertiary/aromatic N) is 1. The Morgan fingerprint density at radius 2 is 1.95 bits per heavy atom. The van der Waals surface area contributed by atoms with Gasteiger partial charge in [-0.25, -0.2) is 4.79 Å². The van der Waals surface area contributed by atoms with Crippen LogP contribution in [0.15, 0.2) is 76.5 Å². The molecular formula is C31H27ClN2O5. The monoisotopic (exact) mass is 542 g/mol. The van der Waals surface area contributed by atoms with Crippen molar-refractivity contribution in [3.8, 4) is 23.3 Å². The number of unbranched alkanes of at least 4 members (excludes halogenated alkanes) is 2. The molecule has 39 heavy (non-hydrogen) atoms. The smallest absolute Gasteiger partial charge is 0.379 e. The van der Waals surface area contributed by atoms with Gasteiger partial charge >= 0.3 is 5.97 Å². The van der Waals surface area contributed by atoms with Crippen LogP contribution in [0.3, 0.4) is 0 Å². The molecule has 5 rings (SSSR count). The molecule has 2 heterocycles. The molecule has 1 aromatic heterocycles. The van der Waals surface area contributed by atoms with E-state index < -0.39 is 11.9 Å². The van der Waals surface area contributed by atoms with Gasteiger partial charge in [0.2, 0.25) is 11.6 Å². The number of halogens is 1. The Morgan fingerprint density at radius 3 is 2.74 bits per heavy atom. The van der Waals surface area contributed by atoms with E-state index in [1.165, 1.54) is 0 Å². The largest absolute Gasteiger partial charge is 0.494 e. The summed E-state index contributed by atoms with van der Waals surface area (Å²) in [4.78, 5) is 13.0. The first-order chi connectivity index (χ1) is 18.9. The second-order valence-corrected chi connectivity index (χ2v) is 9.78. The third-order valence-electron chi connectivity index (χ3n) is 6.69. The van der Waals surface area contributed by atoms with Crippen LogP contribution in [0, 0.1) is 18.3 Å². The summed E-state index contributed by atoms with van der Waals surface area (Å²) in [7, 11) is 0. The van der Waals surface area contributed by atoms with Crippen molar-refractivity contribution in [3.63, 3.8) is 0 Å². The molecule has 198 valence electrons. The maximum absolute atomic E-state index is 13.0. The van der Waals surface area contributed by atoms with Gasteiger partial charge in [-0.1, -0.05) is 49.6 Å². The number of allylic oxidation sites excluding steroid dienone is 1. The SMILES string of the molecule is CCCCCOc1cccc(C2C(C#N)=C(N)Oc3cc(OC(=O)c4oc5ccc(Cl)cc5c4C)ccc32)c1. The van der Waals surface area contributed by atoms with E-state index in [1.807, 2.05) is 24.3 Å². The molecule has 0 spiro atoms. The predicted octanol–water partition coefficient (Wildman–Crippen LogP) is 7.40. The quantitative estimate of drug-likeness (QED) is 0.140. The Hall–Kier alpha value is -4.41. The van der Waals surface area contributed by atoms with Crippen LogP contribution in [0.25, 0.3) is 11.0 Å². The second kappa shape index (κ2) is 11.1. The molecule has 7 nitrogen and oxygen atoms in total. The first kappa shape index (κ1) is 26.2. The highest BCUT2D eigenvalue weighted by molar-refractivity contribution is 6.31. The molecule has 0 amide bonds. The molecule has 0 saturated heterocycles. The van der Waals surface area contributed by atoms with Gasteiger partial charge < -0.3 is 24.4 Å². The van der Waals surface area contributed by atoms with Gasteiger partial charge in [0.15, 0.2) is 0 Å². The number of carbonyl (C=O) groups excluding carboxylic acids is 1. The van der Waals surface area contributed by atoms with E-state index in [4.69, 9.17) is 36.0 Å². The van der Waals surface area contributed by atoms with Gasteiger partial charge in [-0.15, -0.1) is 0 Å². The molecule has 8 heteroatoms. The van der Waals surface area contributed by atoms with Gasteiger partial charge in [-0.3, -0.25) is 0 Å². The molecule has 1 atom stereocenters. The zero-order valence-corrected chi connectivity index (χ0v) is 22.4. The maximum Gasteiger partial charge on any atom is 0.379 e. The Balaban J connectivity index is 1.43. The number of fused-ring (bicyclic) bond motifs is 2. The number of rotatable bonds is 8. The lowest BCUT2D eigenvalue weighted by molar-refractivity contribution is 0.0702. The van der Waals surface area contributed by atoms with Gasteiger partial charge in [0, 0.05) is 27.6 Å². The summed E-state index contributed by atoms with van der Waals surface area (Å²) in [5.74, 6) is 0.330. The van der Waals surface area contributed by atoms with Crippen molar-refractivity contribution in [2.75, 3.05) is 6.61 Å². The van der Waals surface area contributed by atoms with Crippen LogP contribution in [-0.4, -0.2) is 12.6 Å². The highest BCUT2D eigenvalue weighted by Gasteiger charge is 2.31. The summed E-state index contributed by atoms with van der Waals surface area (Å²) >= 11 is 6.09. The number of furan rings is 1. The molecular weight excluding hydrogens is 516 g/mol. The van der Waals surface area contributed by atoms with Gasteiger partial charge in [-0.2, -0.15) is 5.26 Å². The zero-order valence-electron chi connectivity index (χ0n) is 21.6. The molecule has 3 aromatic carbocycles. The maximum atomic E-state index is 13.0. The van der Waals surface area contributed by atoms with E-state index in [0.717, 1.165) is 41.5 Å². The third kappa shape index (κ3) is 5.29. The van der Waals surface area contributed by atoms with Crippen LogP contribution in [0.1, 0.15) is 59.3 Å². The fourth-order valence-electron chi connectivity index (χ4n) is 4.71. The van der Waals surface area contributed by atoms with E-state index in [9.17, 15) is 10.1 Å². The topological polar surface area (TPSA) is 108 Å². The standard InChI is InChI=1S/C31H27ClN2O5/c1-3-4-5-13-36-21-8-6-7-19(14-21)28-23-11-10-22(16-27(23)39-30(34)25(28)17-33)37-31(35)29-18(2)24-15-20(32)9-12-26(24)38-29/h6-12,14-16,28H,3-5,13,34H2,1-2H3. The lowest BCUT2D eigenvalue weighted by Crippen LogP contribution is -2.21. The third-order valence-corrected chi connectivity index (χ3v) is 6.93. The minimum Gasteiger partial charge on any atom is -0.494 e. The van der Waals surface area contributed by atoms with Crippen molar-refractivity contribution in [2.24, 2.45) is 5.73 Å². The minimum absolute atomic E-state index is 0.00208. The summed E-state index contributed by atoms with van der Waals surface area (Å²) in [6.45, 7) is 4.54. The van der Waals surface area contributed by atoms with Gasteiger partial charge in [0.25, 0.3) is 0 Å². The molecule has 0 aliphatic carbocycles. The summed E-state index contributed by atoms with van der Waals surface area (Å²) in [5.41, 5.74) is 9.21. The predicted molar refractivity (Wildman–Crippen MR) is 148 cm³/mol. The summed E-state index contributed by atoms with van der Waals surface area (Å²) in [6.07, 6.45) is 3.18. The first-order valence-corrected chi connectivity index (χ1v) is 13.1. The van der Waals surface area contributed by atoms with Gasteiger partial charge in [0.05, 0.1) is 12.5 Å². The lowest BCUT2D eigenvalue weighted by atomic mass is 9.83. The highest BCUT2D eigenvalue weighted by atomic mass is 35.5. The van der Waals surface area contributed by atoms with E-state index >= 15 is 0 Å². The Morgan fingerprint density at radius 1 is 1.10 bits per heavy atom. The number of aryl methyl sites for hydroxylation is 1. The Kier molecular flexibility index (Phi) is 7.49. The number of benzene rings is 3.